The summed E-state index contributed by atoms with van der Waals surface area (Å²) in [6.07, 6.45) is 7.19. The van der Waals surface area contributed by atoms with E-state index < -0.39 is 12.1 Å². The quantitative estimate of drug-likeness (QED) is 0.395. The Morgan fingerprint density at radius 1 is 1.24 bits per heavy atom. The third kappa shape index (κ3) is 4.72. The van der Waals surface area contributed by atoms with Crippen molar-refractivity contribution in [3.8, 4) is 5.75 Å². The van der Waals surface area contributed by atoms with E-state index in [1.165, 1.54) is 6.08 Å². The molecule has 0 saturated heterocycles. The van der Waals surface area contributed by atoms with Crippen LogP contribution in [0.3, 0.4) is 0 Å². The van der Waals surface area contributed by atoms with Crippen LogP contribution in [0.5, 0.6) is 5.75 Å². The van der Waals surface area contributed by atoms with Gasteiger partial charge in [-0.15, -0.1) is 0 Å². The molecule has 0 aromatic heterocycles. The van der Waals surface area contributed by atoms with Gasteiger partial charge in [0.05, 0.1) is 6.10 Å². The van der Waals surface area contributed by atoms with Crippen molar-refractivity contribution in [2.24, 2.45) is 10.8 Å². The molecule has 1 aromatic carbocycles. The largest absolute Gasteiger partial charge is 0.423 e. The molecule has 0 bridgehead atoms. The highest BCUT2D eigenvalue weighted by atomic mass is 16.5. The zero-order chi connectivity index (χ0) is 22.2. The molecule has 1 N–H and O–H groups in total. The Labute approximate surface area is 176 Å². The third-order valence-corrected chi connectivity index (χ3v) is 6.17. The van der Waals surface area contributed by atoms with Gasteiger partial charge in [0.25, 0.3) is 0 Å². The fourth-order valence-corrected chi connectivity index (χ4v) is 3.77. The minimum Gasteiger partial charge on any atom is -0.423 e. The fraction of sp³-hybridized carbons (Fsp3) is 0.500. The molecular formula is C26H36O3. The first-order valence-electron chi connectivity index (χ1n) is 10.3. The minimum absolute atomic E-state index is 0.107. The van der Waals surface area contributed by atoms with Crippen LogP contribution in [0.15, 0.2) is 48.6 Å². The summed E-state index contributed by atoms with van der Waals surface area (Å²) in [5.74, 6) is 0.103. The summed E-state index contributed by atoms with van der Waals surface area (Å²) in [6.45, 7) is 20.4. The van der Waals surface area contributed by atoms with E-state index in [0.717, 1.165) is 22.3 Å². The molecule has 0 spiro atoms. The number of benzene rings is 1. The van der Waals surface area contributed by atoms with Crippen LogP contribution in [0.25, 0.3) is 0 Å². The average Bonchev–Trinajstić information content (AvgIpc) is 2.58. The van der Waals surface area contributed by atoms with E-state index >= 15 is 0 Å². The lowest BCUT2D eigenvalue weighted by Crippen LogP contribution is -2.44. The number of hydrogen-bond donors (Lipinski definition) is 1. The lowest BCUT2D eigenvalue weighted by molar-refractivity contribution is -0.129. The van der Waals surface area contributed by atoms with Crippen LogP contribution in [0.4, 0.5) is 0 Å². The number of aryl methyl sites for hydroxylation is 1. The number of aliphatic hydroxyl groups is 1. The van der Waals surface area contributed by atoms with Gasteiger partial charge in [-0.3, -0.25) is 0 Å². The maximum absolute atomic E-state index is 12.1. The van der Waals surface area contributed by atoms with Gasteiger partial charge in [-0.1, -0.05) is 91.0 Å². The summed E-state index contributed by atoms with van der Waals surface area (Å²) in [4.78, 5) is 12.1. The predicted molar refractivity (Wildman–Crippen MR) is 120 cm³/mol. The van der Waals surface area contributed by atoms with Crippen LogP contribution >= 0.6 is 0 Å². The zero-order valence-electron chi connectivity index (χ0n) is 19.2. The van der Waals surface area contributed by atoms with Crippen LogP contribution in [-0.4, -0.2) is 17.2 Å². The van der Waals surface area contributed by atoms with Gasteiger partial charge in [0, 0.05) is 17.1 Å². The number of hydrogen-bond acceptors (Lipinski definition) is 3. The Kier molecular flexibility index (Phi) is 6.34. The van der Waals surface area contributed by atoms with E-state index in [4.69, 9.17) is 4.74 Å². The summed E-state index contributed by atoms with van der Waals surface area (Å²) in [6, 6.07) is 4.11. The van der Waals surface area contributed by atoms with E-state index in [0.29, 0.717) is 12.2 Å². The molecule has 0 fully saturated rings. The first kappa shape index (κ1) is 23.2. The number of rotatable bonds is 4. The molecule has 0 radical (unpaired) electrons. The number of ether oxygens (including phenoxy) is 1. The highest BCUT2D eigenvalue weighted by molar-refractivity contribution is 5.84. The third-order valence-electron chi connectivity index (χ3n) is 6.17. The molecule has 2 rings (SSSR count). The van der Waals surface area contributed by atoms with Crippen molar-refractivity contribution in [3.05, 3.63) is 65.3 Å². The predicted octanol–water partition coefficient (Wildman–Crippen LogP) is 5.84. The normalized spacial score (nSPS) is 22.2. The van der Waals surface area contributed by atoms with Gasteiger partial charge in [-0.25, -0.2) is 4.79 Å². The first-order chi connectivity index (χ1) is 13.2. The minimum atomic E-state index is -0.617. The van der Waals surface area contributed by atoms with Gasteiger partial charge in [0.1, 0.15) is 5.75 Å². The van der Waals surface area contributed by atoms with E-state index in [1.807, 2.05) is 25.1 Å². The molecule has 0 saturated carbocycles. The molecule has 0 amide bonds. The number of aliphatic hydroxyl groups excluding tert-OH is 1. The van der Waals surface area contributed by atoms with Crippen LogP contribution in [0.1, 0.15) is 65.2 Å². The SMILES string of the molecule is C=CC(=O)Oc1c(CC2=CC=CC(C)(C(C)(C)C)C2O)cc(C)cc1C(C)(C)C. The molecule has 1 aliphatic carbocycles. The molecule has 3 heteroatoms. The zero-order valence-corrected chi connectivity index (χ0v) is 19.2. The van der Waals surface area contributed by atoms with E-state index in [-0.39, 0.29) is 16.2 Å². The summed E-state index contributed by atoms with van der Waals surface area (Å²) < 4.78 is 5.72. The molecule has 29 heavy (non-hydrogen) atoms. The number of carbonyl (C=O) groups excluding carboxylic acids is 1. The summed E-state index contributed by atoms with van der Waals surface area (Å²) in [5, 5.41) is 11.3. The summed E-state index contributed by atoms with van der Waals surface area (Å²) >= 11 is 0. The van der Waals surface area contributed by atoms with Gasteiger partial charge >= 0.3 is 5.97 Å². The molecule has 158 valence electrons. The first-order valence-corrected chi connectivity index (χ1v) is 10.3. The van der Waals surface area contributed by atoms with Crippen LogP contribution in [-0.2, 0) is 16.6 Å². The van der Waals surface area contributed by atoms with Crippen LogP contribution in [0, 0.1) is 17.8 Å². The number of esters is 1. The molecule has 1 aromatic rings. The van der Waals surface area contributed by atoms with E-state index in [1.54, 1.807) is 0 Å². The molecule has 3 nitrogen and oxygen atoms in total. The number of allylic oxidation sites excluding steroid dienone is 2. The van der Waals surface area contributed by atoms with Crippen molar-refractivity contribution in [2.45, 2.75) is 73.3 Å². The monoisotopic (exact) mass is 396 g/mol. The highest BCUT2D eigenvalue weighted by Gasteiger charge is 2.44. The van der Waals surface area contributed by atoms with Gasteiger partial charge in [-0.05, 0) is 35.3 Å². The van der Waals surface area contributed by atoms with Gasteiger partial charge in [-0.2, -0.15) is 0 Å². The van der Waals surface area contributed by atoms with Crippen molar-refractivity contribution < 1.29 is 14.6 Å². The Hall–Kier alpha value is -2.13. The average molecular weight is 397 g/mol. The second-order valence-corrected chi connectivity index (χ2v) is 10.4. The van der Waals surface area contributed by atoms with Gasteiger partial charge in [0.15, 0.2) is 0 Å². The van der Waals surface area contributed by atoms with Crippen molar-refractivity contribution in [1.29, 1.82) is 0 Å². The van der Waals surface area contributed by atoms with Crippen LogP contribution < -0.4 is 4.74 Å². The molecule has 2 unspecified atom stereocenters. The Morgan fingerprint density at radius 3 is 2.38 bits per heavy atom. The topological polar surface area (TPSA) is 46.5 Å². The lowest BCUT2D eigenvalue weighted by Gasteiger charge is -2.45. The Bertz CT molecular complexity index is 859. The maximum atomic E-state index is 12.1. The second kappa shape index (κ2) is 7.95. The number of carbonyl (C=O) groups is 1. The molecular weight excluding hydrogens is 360 g/mol. The smallest absolute Gasteiger partial charge is 0.335 e. The molecule has 2 atom stereocenters. The van der Waals surface area contributed by atoms with E-state index in [2.05, 4.69) is 67.2 Å². The van der Waals surface area contributed by atoms with Crippen molar-refractivity contribution >= 4 is 5.97 Å². The van der Waals surface area contributed by atoms with Crippen molar-refractivity contribution in [3.63, 3.8) is 0 Å². The Morgan fingerprint density at radius 2 is 1.86 bits per heavy atom. The molecule has 0 aliphatic heterocycles. The lowest BCUT2D eigenvalue weighted by atomic mass is 9.61. The highest BCUT2D eigenvalue weighted by Crippen LogP contribution is 2.47. The fourth-order valence-electron chi connectivity index (χ4n) is 3.77. The molecule has 1 aliphatic rings. The summed E-state index contributed by atoms with van der Waals surface area (Å²) in [7, 11) is 0. The molecule has 0 heterocycles. The Balaban J connectivity index is 2.56. The van der Waals surface area contributed by atoms with E-state index in [9.17, 15) is 9.90 Å². The van der Waals surface area contributed by atoms with Gasteiger partial charge < -0.3 is 9.84 Å². The standard InChI is InChI=1S/C26H36O3/c1-10-21(27)29-22-19(14-17(2)15-20(22)24(3,4)5)16-18-12-11-13-26(9,23(18)28)25(6,7)8/h10-15,23,28H,1,16H2,2-9H3. The second-order valence-electron chi connectivity index (χ2n) is 10.4. The van der Waals surface area contributed by atoms with Crippen molar-refractivity contribution in [1.82, 2.24) is 0 Å². The summed E-state index contributed by atoms with van der Waals surface area (Å²) in [5.41, 5.74) is 3.21. The van der Waals surface area contributed by atoms with Gasteiger partial charge in [0.2, 0.25) is 0 Å². The maximum Gasteiger partial charge on any atom is 0.335 e. The van der Waals surface area contributed by atoms with Crippen LogP contribution in [0.2, 0.25) is 0 Å². The van der Waals surface area contributed by atoms with Crippen molar-refractivity contribution in [2.75, 3.05) is 0 Å².